The van der Waals surface area contributed by atoms with Gasteiger partial charge in [0.15, 0.2) is 0 Å². The smallest absolute Gasteiger partial charge is 0.241 e. The molecule has 9 heteroatoms. The average molecular weight is 285 g/mol. The summed E-state index contributed by atoms with van der Waals surface area (Å²) in [7, 11) is -3.79. The Morgan fingerprint density at radius 1 is 1.47 bits per heavy atom. The molecule has 0 aliphatic carbocycles. The third-order valence-electron chi connectivity index (χ3n) is 2.48. The van der Waals surface area contributed by atoms with Gasteiger partial charge in [-0.2, -0.15) is 5.10 Å². The number of aromatic nitrogens is 3. The fraction of sp³-hybridized carbons (Fsp3) is 0.200. The lowest BCUT2D eigenvalue weighted by Gasteiger charge is -2.09. The summed E-state index contributed by atoms with van der Waals surface area (Å²) in [6.07, 6.45) is 1.27. The Hall–Kier alpha value is -2.00. The number of nitrogens with zero attached hydrogens (tertiary/aromatic N) is 2. The van der Waals surface area contributed by atoms with Gasteiger partial charge in [0.05, 0.1) is 17.1 Å². The van der Waals surface area contributed by atoms with E-state index in [0.29, 0.717) is 5.82 Å². The van der Waals surface area contributed by atoms with E-state index in [1.165, 1.54) is 13.3 Å². The van der Waals surface area contributed by atoms with Gasteiger partial charge in [0, 0.05) is 0 Å². The van der Waals surface area contributed by atoms with E-state index in [1.807, 2.05) is 0 Å². The average Bonchev–Trinajstić information content (AvgIpc) is 2.84. The summed E-state index contributed by atoms with van der Waals surface area (Å²) in [5, 5.41) is 6.12. The van der Waals surface area contributed by atoms with Crippen LogP contribution in [-0.4, -0.2) is 23.6 Å². The van der Waals surface area contributed by atoms with Crippen molar-refractivity contribution in [3.05, 3.63) is 35.7 Å². The number of halogens is 1. The lowest BCUT2D eigenvalue weighted by molar-refractivity contribution is 0.578. The van der Waals surface area contributed by atoms with Crippen LogP contribution in [0.5, 0.6) is 0 Å². The summed E-state index contributed by atoms with van der Waals surface area (Å²) >= 11 is 0. The molecule has 0 aliphatic rings. The molecule has 0 saturated heterocycles. The predicted octanol–water partition coefficient (Wildman–Crippen LogP) is 0.313. The number of aryl methyl sites for hydroxylation is 1. The maximum absolute atomic E-state index is 13.2. The second-order valence-electron chi connectivity index (χ2n) is 3.90. The third kappa shape index (κ3) is 2.88. The predicted molar refractivity (Wildman–Crippen MR) is 66.0 cm³/mol. The molecule has 0 radical (unpaired) electrons. The van der Waals surface area contributed by atoms with Crippen molar-refractivity contribution in [2.45, 2.75) is 18.4 Å². The van der Waals surface area contributed by atoms with Crippen LogP contribution in [0, 0.1) is 12.7 Å². The zero-order valence-corrected chi connectivity index (χ0v) is 10.8. The summed E-state index contributed by atoms with van der Waals surface area (Å²) in [6, 6.07) is 2.17. The molecule has 1 aromatic heterocycles. The van der Waals surface area contributed by atoms with Gasteiger partial charge in [-0.15, -0.1) is 0 Å². The molecule has 0 atom stereocenters. The molecule has 2 aromatic rings. The maximum Gasteiger partial charge on any atom is 0.241 e. The maximum atomic E-state index is 13.2. The van der Waals surface area contributed by atoms with E-state index < -0.39 is 15.8 Å². The van der Waals surface area contributed by atoms with Crippen LogP contribution in [0.1, 0.15) is 11.4 Å². The van der Waals surface area contributed by atoms with Crippen LogP contribution in [0.3, 0.4) is 0 Å². The molecule has 4 N–H and O–H groups in total. The second-order valence-corrected chi connectivity index (χ2v) is 5.63. The van der Waals surface area contributed by atoms with Crippen LogP contribution in [0.15, 0.2) is 23.4 Å². The molecule has 7 nitrogen and oxygen atoms in total. The van der Waals surface area contributed by atoms with E-state index in [1.54, 1.807) is 0 Å². The topological polar surface area (TPSA) is 114 Å². The Bertz CT molecular complexity index is 684. The van der Waals surface area contributed by atoms with Crippen molar-refractivity contribution in [1.82, 2.24) is 19.9 Å². The van der Waals surface area contributed by atoms with Gasteiger partial charge in [0.1, 0.15) is 18.0 Å². The minimum Gasteiger partial charge on any atom is -0.396 e. The van der Waals surface area contributed by atoms with Gasteiger partial charge < -0.3 is 5.73 Å². The van der Waals surface area contributed by atoms with Gasteiger partial charge in [-0.3, -0.25) is 5.10 Å². The van der Waals surface area contributed by atoms with Crippen LogP contribution in [0.4, 0.5) is 10.1 Å². The number of sulfonamides is 1. The molecule has 0 spiro atoms. The summed E-state index contributed by atoms with van der Waals surface area (Å²) < 4.78 is 39.6. The van der Waals surface area contributed by atoms with Crippen LogP contribution in [0.2, 0.25) is 0 Å². The van der Waals surface area contributed by atoms with Crippen LogP contribution in [-0.2, 0) is 16.6 Å². The largest absolute Gasteiger partial charge is 0.396 e. The van der Waals surface area contributed by atoms with Crippen molar-refractivity contribution in [3.63, 3.8) is 0 Å². The molecule has 19 heavy (non-hydrogen) atoms. The minimum absolute atomic E-state index is 0.0426. The number of hydrogen-bond acceptors (Lipinski definition) is 5. The van der Waals surface area contributed by atoms with Crippen molar-refractivity contribution in [2.75, 3.05) is 5.73 Å². The normalized spacial score (nSPS) is 11.7. The molecule has 0 fully saturated rings. The Morgan fingerprint density at radius 2 is 2.21 bits per heavy atom. The number of rotatable bonds is 4. The van der Waals surface area contributed by atoms with Gasteiger partial charge in [0.2, 0.25) is 10.0 Å². The van der Waals surface area contributed by atoms with Crippen LogP contribution >= 0.6 is 0 Å². The Morgan fingerprint density at radius 3 is 2.84 bits per heavy atom. The van der Waals surface area contributed by atoms with Crippen LogP contribution in [0.25, 0.3) is 0 Å². The molecule has 2 rings (SSSR count). The van der Waals surface area contributed by atoms with Gasteiger partial charge in [0.25, 0.3) is 0 Å². The SMILES string of the molecule is Cc1cc(F)c(N)cc1S(=O)(=O)NCc1ncn[nH]1. The highest BCUT2D eigenvalue weighted by atomic mass is 32.2. The standard InChI is InChI=1S/C10H12FN5O2S/c1-6-2-7(11)8(12)3-9(6)19(17,18)15-4-10-13-5-14-16-10/h2-3,5,15H,4,12H2,1H3,(H,13,14,16). The van der Waals surface area contributed by atoms with Crippen molar-refractivity contribution < 1.29 is 12.8 Å². The lowest BCUT2D eigenvalue weighted by atomic mass is 10.2. The fourth-order valence-corrected chi connectivity index (χ4v) is 2.76. The highest BCUT2D eigenvalue weighted by Crippen LogP contribution is 2.21. The summed E-state index contributed by atoms with van der Waals surface area (Å²) in [5.74, 6) is -0.275. The molecule has 102 valence electrons. The number of nitrogens with two attached hydrogens (primary N) is 1. The summed E-state index contributed by atoms with van der Waals surface area (Å²) in [6.45, 7) is 1.45. The number of hydrogen-bond donors (Lipinski definition) is 3. The number of anilines is 1. The third-order valence-corrected chi connectivity index (χ3v) is 4.02. The highest BCUT2D eigenvalue weighted by Gasteiger charge is 2.19. The number of benzene rings is 1. The molecule has 1 aromatic carbocycles. The summed E-state index contributed by atoms with van der Waals surface area (Å²) in [5.41, 5.74) is 5.44. The molecule has 0 aliphatic heterocycles. The molecule has 1 heterocycles. The fourth-order valence-electron chi connectivity index (χ4n) is 1.52. The summed E-state index contributed by atoms with van der Waals surface area (Å²) in [4.78, 5) is 3.72. The minimum atomic E-state index is -3.79. The van der Waals surface area contributed by atoms with E-state index in [2.05, 4.69) is 19.9 Å². The number of aromatic amines is 1. The van der Waals surface area contributed by atoms with Gasteiger partial charge in [-0.05, 0) is 24.6 Å². The van der Waals surface area contributed by atoms with E-state index in [9.17, 15) is 12.8 Å². The highest BCUT2D eigenvalue weighted by molar-refractivity contribution is 7.89. The first-order chi connectivity index (χ1) is 8.90. The monoisotopic (exact) mass is 285 g/mol. The molecular weight excluding hydrogens is 273 g/mol. The van der Waals surface area contributed by atoms with Gasteiger partial charge in [-0.25, -0.2) is 22.5 Å². The first kappa shape index (κ1) is 13.4. The second kappa shape index (κ2) is 4.94. The first-order valence-corrected chi connectivity index (χ1v) is 6.78. The lowest BCUT2D eigenvalue weighted by Crippen LogP contribution is -2.24. The first-order valence-electron chi connectivity index (χ1n) is 5.29. The Labute approximate surface area is 109 Å². The van der Waals surface area contributed by atoms with E-state index in [-0.39, 0.29) is 22.7 Å². The Kier molecular flexibility index (Phi) is 3.49. The van der Waals surface area contributed by atoms with Crippen LogP contribution < -0.4 is 10.5 Å². The Balaban J connectivity index is 2.27. The van der Waals surface area contributed by atoms with Gasteiger partial charge >= 0.3 is 0 Å². The number of nitrogens with one attached hydrogen (secondary N) is 2. The molecule has 0 bridgehead atoms. The molecule has 0 amide bonds. The van der Waals surface area contributed by atoms with E-state index >= 15 is 0 Å². The van der Waals surface area contributed by atoms with Crippen molar-refractivity contribution in [3.8, 4) is 0 Å². The van der Waals surface area contributed by atoms with Gasteiger partial charge in [-0.1, -0.05) is 0 Å². The zero-order chi connectivity index (χ0) is 14.0. The van der Waals surface area contributed by atoms with E-state index in [4.69, 9.17) is 5.73 Å². The van der Waals surface area contributed by atoms with E-state index in [0.717, 1.165) is 12.1 Å². The van der Waals surface area contributed by atoms with Crippen molar-refractivity contribution >= 4 is 15.7 Å². The van der Waals surface area contributed by atoms with Crippen molar-refractivity contribution in [2.24, 2.45) is 0 Å². The molecular formula is C10H12FN5O2S. The zero-order valence-electron chi connectivity index (χ0n) is 10.0. The molecule has 0 saturated carbocycles. The number of nitrogen functional groups attached to an aromatic ring is 1. The molecule has 0 unspecified atom stereocenters. The number of H-pyrrole nitrogens is 1. The quantitative estimate of drug-likeness (QED) is 0.700. The van der Waals surface area contributed by atoms with Crippen molar-refractivity contribution in [1.29, 1.82) is 0 Å².